The third kappa shape index (κ3) is 4.94. The van der Waals surface area contributed by atoms with Crippen LogP contribution >= 0.6 is 0 Å². The fourth-order valence-corrected chi connectivity index (χ4v) is 2.73. The van der Waals surface area contributed by atoms with Crippen molar-refractivity contribution in [2.45, 2.75) is 40.2 Å². The topological polar surface area (TPSA) is 91.6 Å². The molecular weight excluding hydrogens is 310 g/mol. The number of urea groups is 1. The van der Waals surface area contributed by atoms with Gasteiger partial charge in [-0.2, -0.15) is 4.98 Å². The van der Waals surface area contributed by atoms with E-state index in [-0.39, 0.29) is 24.4 Å². The Bertz CT molecular complexity index is 572. The van der Waals surface area contributed by atoms with Gasteiger partial charge in [-0.3, -0.25) is 4.79 Å². The van der Waals surface area contributed by atoms with Crippen molar-refractivity contribution in [3.05, 3.63) is 11.7 Å². The molecule has 2 heterocycles. The van der Waals surface area contributed by atoms with Crippen molar-refractivity contribution in [1.29, 1.82) is 0 Å². The molecule has 1 atom stereocenters. The molecule has 1 aliphatic rings. The molecule has 8 heteroatoms. The highest BCUT2D eigenvalue weighted by molar-refractivity contribution is 5.79. The lowest BCUT2D eigenvalue weighted by Gasteiger charge is -2.18. The third-order valence-corrected chi connectivity index (χ3v) is 4.04. The highest BCUT2D eigenvalue weighted by atomic mass is 16.5. The molecule has 1 N–H and O–H groups in total. The molecular formula is C16H27N5O3. The van der Waals surface area contributed by atoms with Gasteiger partial charge in [0.25, 0.3) is 0 Å². The Hall–Kier alpha value is -2.12. The summed E-state index contributed by atoms with van der Waals surface area (Å²) < 4.78 is 5.17. The molecule has 0 saturated carbocycles. The number of carbonyl (C=O) groups excluding carboxylic acids is 2. The van der Waals surface area contributed by atoms with Gasteiger partial charge in [0.1, 0.15) is 0 Å². The monoisotopic (exact) mass is 337 g/mol. The molecule has 1 fully saturated rings. The number of aromatic nitrogens is 2. The van der Waals surface area contributed by atoms with Crippen LogP contribution < -0.4 is 5.32 Å². The lowest BCUT2D eigenvalue weighted by molar-refractivity contribution is -0.127. The average molecular weight is 337 g/mol. The Morgan fingerprint density at radius 2 is 2.25 bits per heavy atom. The van der Waals surface area contributed by atoms with Crippen molar-refractivity contribution in [2.24, 2.45) is 11.8 Å². The van der Waals surface area contributed by atoms with Gasteiger partial charge in [0.15, 0.2) is 5.82 Å². The summed E-state index contributed by atoms with van der Waals surface area (Å²) in [5.74, 6) is 1.87. The Labute approximate surface area is 142 Å². The van der Waals surface area contributed by atoms with Gasteiger partial charge in [-0.1, -0.05) is 19.0 Å². The number of likely N-dealkylation sites (tertiary alicyclic amines) is 1. The van der Waals surface area contributed by atoms with Crippen molar-refractivity contribution in [2.75, 3.05) is 26.7 Å². The summed E-state index contributed by atoms with van der Waals surface area (Å²) in [7, 11) is 1.69. The normalized spacial score (nSPS) is 17.6. The lowest BCUT2D eigenvalue weighted by atomic mass is 10.1. The zero-order chi connectivity index (χ0) is 17.7. The number of hydrogen-bond acceptors (Lipinski definition) is 5. The molecule has 1 aromatic heterocycles. The van der Waals surface area contributed by atoms with Gasteiger partial charge in [0, 0.05) is 45.4 Å². The predicted molar refractivity (Wildman–Crippen MR) is 88.1 cm³/mol. The van der Waals surface area contributed by atoms with Crippen LogP contribution in [0.15, 0.2) is 4.52 Å². The Morgan fingerprint density at radius 1 is 1.50 bits per heavy atom. The van der Waals surface area contributed by atoms with Crippen LogP contribution in [-0.4, -0.2) is 58.6 Å². The standard InChI is InChI=1S/C16H27N5O3/c1-5-21-9-12(7-15(21)22)8-17-16(23)20(4)10-13-18-14(24-19-13)6-11(2)3/h11-12H,5-10H2,1-4H3,(H,17,23)/t12-/m0/s1. The number of hydrogen-bond donors (Lipinski definition) is 1. The van der Waals surface area contributed by atoms with Gasteiger partial charge in [0.2, 0.25) is 11.8 Å². The van der Waals surface area contributed by atoms with Crippen LogP contribution in [0.4, 0.5) is 4.79 Å². The second kappa shape index (κ2) is 8.12. The minimum Gasteiger partial charge on any atom is -0.343 e. The Kier molecular flexibility index (Phi) is 6.16. The van der Waals surface area contributed by atoms with E-state index in [9.17, 15) is 9.59 Å². The van der Waals surface area contributed by atoms with Crippen LogP contribution in [0.5, 0.6) is 0 Å². The summed E-state index contributed by atoms with van der Waals surface area (Å²) in [6.45, 7) is 8.34. The van der Waals surface area contributed by atoms with Gasteiger partial charge in [-0.15, -0.1) is 0 Å². The van der Waals surface area contributed by atoms with Crippen LogP contribution in [-0.2, 0) is 17.8 Å². The van der Waals surface area contributed by atoms with E-state index < -0.39 is 0 Å². The zero-order valence-electron chi connectivity index (χ0n) is 14.9. The molecule has 1 saturated heterocycles. The summed E-state index contributed by atoms with van der Waals surface area (Å²) in [5, 5.41) is 6.77. The first-order valence-corrected chi connectivity index (χ1v) is 8.47. The minimum absolute atomic E-state index is 0.162. The van der Waals surface area contributed by atoms with Crippen LogP contribution in [0.25, 0.3) is 0 Å². The maximum absolute atomic E-state index is 12.2. The first-order chi connectivity index (χ1) is 11.4. The van der Waals surface area contributed by atoms with Crippen LogP contribution in [0.2, 0.25) is 0 Å². The first kappa shape index (κ1) is 18.2. The van der Waals surface area contributed by atoms with Crippen molar-refractivity contribution in [1.82, 2.24) is 25.3 Å². The maximum atomic E-state index is 12.2. The molecule has 1 aliphatic heterocycles. The maximum Gasteiger partial charge on any atom is 0.317 e. The Morgan fingerprint density at radius 3 is 2.88 bits per heavy atom. The molecule has 0 spiro atoms. The average Bonchev–Trinajstić information content (AvgIpc) is 3.10. The fraction of sp³-hybridized carbons (Fsp3) is 0.750. The second-order valence-electron chi connectivity index (χ2n) is 6.75. The van der Waals surface area contributed by atoms with Gasteiger partial charge >= 0.3 is 6.03 Å². The second-order valence-corrected chi connectivity index (χ2v) is 6.75. The molecule has 0 unspecified atom stereocenters. The molecule has 134 valence electrons. The SMILES string of the molecule is CCN1C[C@H](CNC(=O)N(C)Cc2noc(CC(C)C)n2)CC1=O. The van der Waals surface area contributed by atoms with Crippen molar-refractivity contribution >= 4 is 11.9 Å². The van der Waals surface area contributed by atoms with E-state index in [2.05, 4.69) is 29.3 Å². The zero-order valence-corrected chi connectivity index (χ0v) is 14.9. The molecule has 0 aliphatic carbocycles. The number of amides is 3. The summed E-state index contributed by atoms with van der Waals surface area (Å²) in [6, 6.07) is -0.201. The van der Waals surface area contributed by atoms with Gasteiger partial charge < -0.3 is 19.6 Å². The molecule has 24 heavy (non-hydrogen) atoms. The summed E-state index contributed by atoms with van der Waals surface area (Å²) in [6.07, 6.45) is 1.23. The molecule has 0 bridgehead atoms. The lowest BCUT2D eigenvalue weighted by Crippen LogP contribution is -2.39. The quantitative estimate of drug-likeness (QED) is 0.809. The molecule has 0 radical (unpaired) electrons. The molecule has 8 nitrogen and oxygen atoms in total. The van der Waals surface area contributed by atoms with Gasteiger partial charge in [-0.25, -0.2) is 4.79 Å². The minimum atomic E-state index is -0.201. The third-order valence-electron chi connectivity index (χ3n) is 4.04. The van der Waals surface area contributed by atoms with E-state index in [1.807, 2.05) is 11.8 Å². The van der Waals surface area contributed by atoms with E-state index >= 15 is 0 Å². The van der Waals surface area contributed by atoms with Crippen molar-refractivity contribution < 1.29 is 14.1 Å². The number of carbonyl (C=O) groups is 2. The van der Waals surface area contributed by atoms with Crippen molar-refractivity contribution in [3.8, 4) is 0 Å². The number of rotatable bonds is 7. The molecule has 2 rings (SSSR count). The smallest absolute Gasteiger partial charge is 0.317 e. The van der Waals surface area contributed by atoms with Crippen LogP contribution in [0.1, 0.15) is 38.9 Å². The van der Waals surface area contributed by atoms with E-state index in [0.717, 1.165) is 13.0 Å². The van der Waals surface area contributed by atoms with Crippen LogP contribution in [0, 0.1) is 11.8 Å². The predicted octanol–water partition coefficient (Wildman–Crippen LogP) is 1.28. The van der Waals surface area contributed by atoms with Crippen LogP contribution in [0.3, 0.4) is 0 Å². The molecule has 1 aromatic rings. The summed E-state index contributed by atoms with van der Waals surface area (Å²) in [4.78, 5) is 31.5. The fourth-order valence-electron chi connectivity index (χ4n) is 2.73. The highest BCUT2D eigenvalue weighted by Crippen LogP contribution is 2.16. The number of nitrogens with zero attached hydrogens (tertiary/aromatic N) is 4. The van der Waals surface area contributed by atoms with E-state index in [4.69, 9.17) is 4.52 Å². The van der Waals surface area contributed by atoms with Crippen molar-refractivity contribution in [3.63, 3.8) is 0 Å². The highest BCUT2D eigenvalue weighted by Gasteiger charge is 2.28. The number of nitrogens with one attached hydrogen (secondary N) is 1. The first-order valence-electron chi connectivity index (χ1n) is 8.47. The Balaban J connectivity index is 1.76. The molecule has 3 amide bonds. The summed E-state index contributed by atoms with van der Waals surface area (Å²) >= 11 is 0. The molecule has 0 aromatic carbocycles. The largest absolute Gasteiger partial charge is 0.343 e. The summed E-state index contributed by atoms with van der Waals surface area (Å²) in [5.41, 5.74) is 0. The van der Waals surface area contributed by atoms with E-state index in [1.165, 1.54) is 4.90 Å². The van der Waals surface area contributed by atoms with Gasteiger partial charge in [0.05, 0.1) is 6.54 Å². The van der Waals surface area contributed by atoms with E-state index in [0.29, 0.717) is 37.1 Å². The van der Waals surface area contributed by atoms with E-state index in [1.54, 1.807) is 7.05 Å². The van der Waals surface area contributed by atoms with Gasteiger partial charge in [-0.05, 0) is 12.8 Å².